The van der Waals surface area contributed by atoms with Crippen molar-refractivity contribution in [3.63, 3.8) is 0 Å². The third-order valence-electron chi connectivity index (χ3n) is 3.62. The number of benzene rings is 1. The van der Waals surface area contributed by atoms with E-state index in [0.717, 1.165) is 35.9 Å². The summed E-state index contributed by atoms with van der Waals surface area (Å²) in [6.45, 7) is 3.01. The molecule has 2 nitrogen and oxygen atoms in total. The van der Waals surface area contributed by atoms with Gasteiger partial charge in [0.2, 0.25) is 0 Å². The first-order valence-electron chi connectivity index (χ1n) is 6.83. The number of hydrogen-bond acceptors (Lipinski definition) is 2. The molecule has 19 heavy (non-hydrogen) atoms. The van der Waals surface area contributed by atoms with Crippen molar-refractivity contribution < 1.29 is 4.21 Å². The molecule has 1 aromatic rings. The average molecular weight is 295 g/mol. The summed E-state index contributed by atoms with van der Waals surface area (Å²) in [4.78, 5) is 3.19. The van der Waals surface area contributed by atoms with Gasteiger partial charge in [-0.05, 0) is 31.7 Å². The maximum atomic E-state index is 12.2. The highest BCUT2D eigenvalue weighted by Gasteiger charge is 2.26. The van der Waals surface area contributed by atoms with Crippen LogP contribution < -0.4 is 0 Å². The smallest absolute Gasteiger partial charge is 0.0750 e. The van der Waals surface area contributed by atoms with Crippen LogP contribution in [0.2, 0.25) is 0 Å². The zero-order valence-electron chi connectivity index (χ0n) is 11.4. The van der Waals surface area contributed by atoms with Crippen molar-refractivity contribution in [1.29, 1.82) is 0 Å². The third-order valence-corrected chi connectivity index (χ3v) is 5.27. The Morgan fingerprint density at radius 3 is 2.84 bits per heavy atom. The number of thiocarbonyl (C=S) groups is 1. The number of hydrogen-bond donors (Lipinski definition) is 0. The van der Waals surface area contributed by atoms with Gasteiger partial charge in [-0.25, -0.2) is 0 Å². The van der Waals surface area contributed by atoms with Crippen LogP contribution in [0.5, 0.6) is 0 Å². The Bertz CT molecular complexity index is 447. The molecule has 1 aliphatic heterocycles. The molecule has 0 spiro atoms. The van der Waals surface area contributed by atoms with Crippen LogP contribution in [-0.4, -0.2) is 38.2 Å². The normalized spacial score (nSPS) is 20.5. The summed E-state index contributed by atoms with van der Waals surface area (Å²) >= 11 is 5.25. The van der Waals surface area contributed by atoms with Crippen LogP contribution in [0.25, 0.3) is 0 Å². The van der Waals surface area contributed by atoms with E-state index in [0.29, 0.717) is 6.04 Å². The van der Waals surface area contributed by atoms with Gasteiger partial charge in [0, 0.05) is 34.9 Å². The van der Waals surface area contributed by atoms with E-state index in [2.05, 4.69) is 17.0 Å². The Kier molecular flexibility index (Phi) is 5.52. The van der Waals surface area contributed by atoms with E-state index in [-0.39, 0.29) is 0 Å². The second-order valence-electron chi connectivity index (χ2n) is 5.05. The van der Waals surface area contributed by atoms with Gasteiger partial charge in [0.15, 0.2) is 0 Å². The fourth-order valence-corrected chi connectivity index (χ4v) is 4.24. The molecule has 0 amide bonds. The van der Waals surface area contributed by atoms with Crippen molar-refractivity contribution in [1.82, 2.24) is 4.90 Å². The van der Waals surface area contributed by atoms with Crippen LogP contribution in [0, 0.1) is 0 Å². The maximum Gasteiger partial charge on any atom is 0.0750 e. The van der Waals surface area contributed by atoms with Crippen molar-refractivity contribution in [2.45, 2.75) is 32.2 Å². The van der Waals surface area contributed by atoms with Crippen LogP contribution in [0.4, 0.5) is 0 Å². The van der Waals surface area contributed by atoms with Crippen molar-refractivity contribution in [2.75, 3.05) is 18.1 Å². The molecule has 1 aromatic carbocycles. The minimum Gasteiger partial charge on any atom is -0.362 e. The summed E-state index contributed by atoms with van der Waals surface area (Å²) in [6, 6.07) is 10.7. The van der Waals surface area contributed by atoms with E-state index in [1.54, 1.807) is 0 Å². The zero-order chi connectivity index (χ0) is 13.7. The molecule has 4 heteroatoms. The van der Waals surface area contributed by atoms with Gasteiger partial charge in [-0.3, -0.25) is 4.21 Å². The summed E-state index contributed by atoms with van der Waals surface area (Å²) < 4.78 is 12.2. The summed E-state index contributed by atoms with van der Waals surface area (Å²) in [5.41, 5.74) is 1.27. The predicted molar refractivity (Wildman–Crippen MR) is 86.0 cm³/mol. The molecule has 1 fully saturated rings. The standard InChI is InChI=1S/C15H21NOS2/c1-13(18)16-10-5-8-15(16)12-19(17)11-9-14-6-3-2-4-7-14/h2-4,6-7,15H,5,8-12H2,1H3. The first-order valence-corrected chi connectivity index (χ1v) is 8.72. The summed E-state index contributed by atoms with van der Waals surface area (Å²) in [5.74, 6) is 1.52. The molecule has 0 radical (unpaired) electrons. The summed E-state index contributed by atoms with van der Waals surface area (Å²) in [5, 5.41) is 0. The Morgan fingerprint density at radius 2 is 2.16 bits per heavy atom. The molecule has 1 aliphatic rings. The van der Waals surface area contributed by atoms with Gasteiger partial charge in [-0.1, -0.05) is 42.5 Å². The van der Waals surface area contributed by atoms with Gasteiger partial charge < -0.3 is 4.90 Å². The molecule has 2 atom stereocenters. The molecular formula is C15H21NOS2. The first kappa shape index (κ1) is 14.7. The van der Waals surface area contributed by atoms with Crippen molar-refractivity contribution in [2.24, 2.45) is 0 Å². The van der Waals surface area contributed by atoms with Crippen LogP contribution in [0.3, 0.4) is 0 Å². The van der Waals surface area contributed by atoms with Gasteiger partial charge in [0.05, 0.1) is 4.99 Å². The van der Waals surface area contributed by atoms with Gasteiger partial charge in [-0.15, -0.1) is 0 Å². The lowest BCUT2D eigenvalue weighted by Crippen LogP contribution is -2.36. The summed E-state index contributed by atoms with van der Waals surface area (Å²) in [6.07, 6.45) is 3.20. The highest BCUT2D eigenvalue weighted by Crippen LogP contribution is 2.19. The highest BCUT2D eigenvalue weighted by molar-refractivity contribution is 7.85. The van der Waals surface area contributed by atoms with E-state index >= 15 is 0 Å². The topological polar surface area (TPSA) is 20.3 Å². The molecule has 0 saturated carbocycles. The van der Waals surface area contributed by atoms with Gasteiger partial charge >= 0.3 is 0 Å². The molecule has 104 valence electrons. The molecular weight excluding hydrogens is 274 g/mol. The van der Waals surface area contributed by atoms with E-state index in [4.69, 9.17) is 12.2 Å². The molecule has 0 aromatic heterocycles. The lowest BCUT2D eigenvalue weighted by molar-refractivity contribution is 0.422. The highest BCUT2D eigenvalue weighted by atomic mass is 32.2. The monoisotopic (exact) mass is 295 g/mol. The van der Waals surface area contributed by atoms with Crippen LogP contribution >= 0.6 is 12.2 Å². The lowest BCUT2D eigenvalue weighted by Gasteiger charge is -2.25. The maximum absolute atomic E-state index is 12.2. The molecule has 2 unspecified atom stereocenters. The number of likely N-dealkylation sites (tertiary alicyclic amines) is 1. The molecule has 2 rings (SSSR count). The average Bonchev–Trinajstić information content (AvgIpc) is 2.86. The number of aryl methyl sites for hydroxylation is 1. The Hall–Kier alpha value is -0.740. The van der Waals surface area contributed by atoms with Gasteiger partial charge in [0.25, 0.3) is 0 Å². The molecule has 1 saturated heterocycles. The van der Waals surface area contributed by atoms with Gasteiger partial charge in [-0.2, -0.15) is 0 Å². The van der Waals surface area contributed by atoms with Crippen molar-refractivity contribution >= 4 is 28.0 Å². The Balaban J connectivity index is 1.80. The quantitative estimate of drug-likeness (QED) is 0.779. The van der Waals surface area contributed by atoms with E-state index in [1.807, 2.05) is 25.1 Å². The Morgan fingerprint density at radius 1 is 1.42 bits per heavy atom. The number of rotatable bonds is 5. The van der Waals surface area contributed by atoms with Crippen molar-refractivity contribution in [3.8, 4) is 0 Å². The van der Waals surface area contributed by atoms with Crippen LogP contribution in [0.15, 0.2) is 30.3 Å². The second-order valence-corrected chi connectivity index (χ2v) is 7.27. The first-order chi connectivity index (χ1) is 9.16. The van der Waals surface area contributed by atoms with Crippen LogP contribution in [0.1, 0.15) is 25.3 Å². The lowest BCUT2D eigenvalue weighted by atomic mass is 10.2. The molecule has 1 heterocycles. The molecule has 0 bridgehead atoms. The second kappa shape index (κ2) is 7.15. The largest absolute Gasteiger partial charge is 0.362 e. The minimum absolute atomic E-state index is 0.397. The molecule has 0 aliphatic carbocycles. The van der Waals surface area contributed by atoms with Gasteiger partial charge in [0.1, 0.15) is 0 Å². The number of nitrogens with zero attached hydrogens (tertiary/aromatic N) is 1. The SMILES string of the molecule is CC(=S)N1CCCC1CS(=O)CCc1ccccc1. The fraction of sp³-hybridized carbons (Fsp3) is 0.533. The van der Waals surface area contributed by atoms with E-state index in [9.17, 15) is 4.21 Å². The van der Waals surface area contributed by atoms with E-state index in [1.165, 1.54) is 12.0 Å². The van der Waals surface area contributed by atoms with Crippen molar-refractivity contribution in [3.05, 3.63) is 35.9 Å². The zero-order valence-corrected chi connectivity index (χ0v) is 13.0. The summed E-state index contributed by atoms with van der Waals surface area (Å²) in [7, 11) is -0.749. The minimum atomic E-state index is -0.749. The van der Waals surface area contributed by atoms with Crippen LogP contribution in [-0.2, 0) is 17.2 Å². The Labute approximate surface area is 123 Å². The predicted octanol–water partition coefficient (Wildman–Crippen LogP) is 2.79. The fourth-order valence-electron chi connectivity index (χ4n) is 2.60. The molecule has 0 N–H and O–H groups in total. The third kappa shape index (κ3) is 4.39. The van der Waals surface area contributed by atoms with E-state index < -0.39 is 10.8 Å².